The van der Waals surface area contributed by atoms with Crippen molar-refractivity contribution in [2.45, 2.75) is 83.4 Å². The van der Waals surface area contributed by atoms with E-state index < -0.39 is 11.7 Å². The second-order valence-electron chi connectivity index (χ2n) is 6.75. The summed E-state index contributed by atoms with van der Waals surface area (Å²) in [7, 11) is 0. The van der Waals surface area contributed by atoms with Crippen LogP contribution in [0.15, 0.2) is 0 Å². The van der Waals surface area contributed by atoms with Crippen molar-refractivity contribution in [3.8, 4) is 6.07 Å². The van der Waals surface area contributed by atoms with E-state index in [2.05, 4.69) is 16.7 Å². The lowest BCUT2D eigenvalue weighted by Crippen LogP contribution is -2.40. The van der Waals surface area contributed by atoms with Gasteiger partial charge in [0, 0.05) is 12.6 Å². The Morgan fingerprint density at radius 2 is 1.90 bits per heavy atom. The van der Waals surface area contributed by atoms with Gasteiger partial charge in [-0.3, -0.25) is 5.32 Å². The molecular weight excluding hydrogens is 266 g/mol. The second kappa shape index (κ2) is 8.89. The Bertz CT molecular complexity index is 350. The molecule has 0 heterocycles. The van der Waals surface area contributed by atoms with E-state index in [1.165, 1.54) is 25.7 Å². The normalized spacial score (nSPS) is 18.4. The van der Waals surface area contributed by atoms with Crippen LogP contribution in [-0.2, 0) is 4.74 Å². The topological polar surface area (TPSA) is 74.1 Å². The Kier molecular flexibility index (Phi) is 7.52. The number of carbonyl (C=O) groups is 1. The summed E-state index contributed by atoms with van der Waals surface area (Å²) in [4.78, 5) is 11.5. The van der Waals surface area contributed by atoms with Crippen LogP contribution in [0.25, 0.3) is 0 Å². The number of nitrogens with one attached hydrogen (secondary N) is 2. The maximum atomic E-state index is 11.5. The van der Waals surface area contributed by atoms with Crippen LogP contribution in [0, 0.1) is 11.3 Å². The summed E-state index contributed by atoms with van der Waals surface area (Å²) in [6.07, 6.45) is 7.57. The average Bonchev–Trinajstić information content (AvgIpc) is 2.64. The standard InChI is InChI=1S/C16H29N3O2/c1-16(2,3)21-15(20)18-11-10-14(12-17)19-13-8-6-4-5-7-9-13/h13-14,19H,4-11H2,1-3H3,(H,18,20). The first-order chi connectivity index (χ1) is 9.90. The van der Waals surface area contributed by atoms with Gasteiger partial charge in [-0.25, -0.2) is 4.79 Å². The predicted octanol–water partition coefficient (Wildman–Crippen LogP) is 3.11. The van der Waals surface area contributed by atoms with Crippen molar-refractivity contribution in [2.24, 2.45) is 0 Å². The zero-order valence-corrected chi connectivity index (χ0v) is 13.6. The Morgan fingerprint density at radius 3 is 2.43 bits per heavy atom. The summed E-state index contributed by atoms with van der Waals surface area (Å²) in [5.74, 6) is 0. The van der Waals surface area contributed by atoms with Crippen molar-refractivity contribution in [3.63, 3.8) is 0 Å². The van der Waals surface area contributed by atoms with E-state index >= 15 is 0 Å². The molecule has 0 radical (unpaired) electrons. The van der Waals surface area contributed by atoms with E-state index in [-0.39, 0.29) is 6.04 Å². The molecule has 0 aliphatic heterocycles. The molecule has 1 aliphatic carbocycles. The average molecular weight is 295 g/mol. The lowest BCUT2D eigenvalue weighted by Gasteiger charge is -2.22. The highest BCUT2D eigenvalue weighted by Crippen LogP contribution is 2.17. The Balaban J connectivity index is 2.24. The van der Waals surface area contributed by atoms with Gasteiger partial charge in [-0.05, 0) is 40.0 Å². The third-order valence-corrected chi connectivity index (χ3v) is 3.55. The summed E-state index contributed by atoms with van der Waals surface area (Å²) < 4.78 is 5.17. The highest BCUT2D eigenvalue weighted by molar-refractivity contribution is 5.67. The molecule has 1 fully saturated rings. The molecule has 2 N–H and O–H groups in total. The fourth-order valence-electron chi connectivity index (χ4n) is 2.55. The fourth-order valence-corrected chi connectivity index (χ4v) is 2.55. The van der Waals surface area contributed by atoms with Crippen LogP contribution in [0.4, 0.5) is 4.79 Å². The first-order valence-corrected chi connectivity index (χ1v) is 8.03. The van der Waals surface area contributed by atoms with Gasteiger partial charge in [0.1, 0.15) is 5.60 Å². The monoisotopic (exact) mass is 295 g/mol. The minimum atomic E-state index is -0.489. The van der Waals surface area contributed by atoms with E-state index in [0.717, 1.165) is 12.8 Å². The molecule has 1 atom stereocenters. The van der Waals surface area contributed by atoms with Crippen LogP contribution in [-0.4, -0.2) is 30.3 Å². The fraction of sp³-hybridized carbons (Fsp3) is 0.875. The van der Waals surface area contributed by atoms with Gasteiger partial charge in [0.15, 0.2) is 0 Å². The molecule has 1 rings (SSSR count). The zero-order chi connectivity index (χ0) is 15.7. The number of hydrogen-bond acceptors (Lipinski definition) is 4. The second-order valence-corrected chi connectivity index (χ2v) is 6.75. The number of rotatable bonds is 5. The first kappa shape index (κ1) is 17.8. The molecule has 5 nitrogen and oxygen atoms in total. The molecule has 0 bridgehead atoms. The van der Waals surface area contributed by atoms with E-state index in [4.69, 9.17) is 4.74 Å². The van der Waals surface area contributed by atoms with Crippen LogP contribution in [0.5, 0.6) is 0 Å². The van der Waals surface area contributed by atoms with Crippen molar-refractivity contribution in [2.75, 3.05) is 6.54 Å². The lowest BCUT2D eigenvalue weighted by atomic mass is 10.1. The quantitative estimate of drug-likeness (QED) is 0.764. The van der Waals surface area contributed by atoms with Gasteiger partial charge in [-0.1, -0.05) is 25.7 Å². The van der Waals surface area contributed by atoms with Crippen molar-refractivity contribution in [3.05, 3.63) is 0 Å². The largest absolute Gasteiger partial charge is 0.444 e. The summed E-state index contributed by atoms with van der Waals surface area (Å²) in [5.41, 5.74) is -0.489. The number of alkyl carbamates (subject to hydrolysis) is 1. The van der Waals surface area contributed by atoms with Gasteiger partial charge >= 0.3 is 6.09 Å². The van der Waals surface area contributed by atoms with Crippen LogP contribution in [0.2, 0.25) is 0 Å². The lowest BCUT2D eigenvalue weighted by molar-refractivity contribution is 0.0526. The number of hydrogen-bond donors (Lipinski definition) is 2. The molecule has 120 valence electrons. The van der Waals surface area contributed by atoms with Crippen LogP contribution < -0.4 is 10.6 Å². The smallest absolute Gasteiger partial charge is 0.407 e. The Morgan fingerprint density at radius 1 is 1.29 bits per heavy atom. The maximum Gasteiger partial charge on any atom is 0.407 e. The molecule has 1 unspecified atom stereocenters. The summed E-state index contributed by atoms with van der Waals surface area (Å²) >= 11 is 0. The van der Waals surface area contributed by atoms with Crippen molar-refractivity contribution in [1.29, 1.82) is 5.26 Å². The molecule has 5 heteroatoms. The summed E-state index contributed by atoms with van der Waals surface area (Å²) in [6.45, 7) is 5.95. The van der Waals surface area contributed by atoms with Crippen LogP contribution in [0.1, 0.15) is 65.7 Å². The minimum absolute atomic E-state index is 0.206. The molecule has 1 saturated carbocycles. The van der Waals surface area contributed by atoms with Crippen LogP contribution in [0.3, 0.4) is 0 Å². The molecule has 0 saturated heterocycles. The zero-order valence-electron chi connectivity index (χ0n) is 13.6. The van der Waals surface area contributed by atoms with E-state index in [1.54, 1.807) is 0 Å². The molecule has 1 aliphatic rings. The van der Waals surface area contributed by atoms with Gasteiger partial charge in [0.2, 0.25) is 0 Å². The molecule has 0 aromatic rings. The number of carbonyl (C=O) groups excluding carboxylic acids is 1. The highest BCUT2D eigenvalue weighted by atomic mass is 16.6. The minimum Gasteiger partial charge on any atom is -0.444 e. The first-order valence-electron chi connectivity index (χ1n) is 8.03. The summed E-state index contributed by atoms with van der Waals surface area (Å²) in [5, 5.41) is 15.3. The van der Waals surface area contributed by atoms with Crippen molar-refractivity contribution >= 4 is 6.09 Å². The molecule has 21 heavy (non-hydrogen) atoms. The maximum absolute atomic E-state index is 11.5. The van der Waals surface area contributed by atoms with E-state index in [9.17, 15) is 10.1 Å². The van der Waals surface area contributed by atoms with Gasteiger partial charge < -0.3 is 10.1 Å². The number of nitrogens with zero attached hydrogens (tertiary/aromatic N) is 1. The van der Waals surface area contributed by atoms with E-state index in [1.807, 2.05) is 20.8 Å². The van der Waals surface area contributed by atoms with Crippen LogP contribution >= 0.6 is 0 Å². The van der Waals surface area contributed by atoms with E-state index in [0.29, 0.717) is 19.0 Å². The molecular formula is C16H29N3O2. The molecule has 0 aromatic carbocycles. The molecule has 0 spiro atoms. The SMILES string of the molecule is CC(C)(C)OC(=O)NCCC(C#N)NC1CCCCCC1. The Labute approximate surface area is 128 Å². The number of nitriles is 1. The van der Waals surface area contributed by atoms with Gasteiger partial charge in [-0.15, -0.1) is 0 Å². The number of amides is 1. The third-order valence-electron chi connectivity index (χ3n) is 3.55. The van der Waals surface area contributed by atoms with Crippen molar-refractivity contribution < 1.29 is 9.53 Å². The summed E-state index contributed by atoms with van der Waals surface area (Å²) in [6, 6.07) is 2.53. The van der Waals surface area contributed by atoms with Crippen molar-refractivity contribution in [1.82, 2.24) is 10.6 Å². The van der Waals surface area contributed by atoms with Gasteiger partial charge in [-0.2, -0.15) is 5.26 Å². The molecule has 0 aromatic heterocycles. The predicted molar refractivity (Wildman–Crippen MR) is 82.9 cm³/mol. The third kappa shape index (κ3) is 8.56. The Hall–Kier alpha value is -1.28. The highest BCUT2D eigenvalue weighted by Gasteiger charge is 2.18. The molecule has 1 amide bonds. The van der Waals surface area contributed by atoms with Gasteiger partial charge in [0.05, 0.1) is 12.1 Å². The van der Waals surface area contributed by atoms with Gasteiger partial charge in [0.25, 0.3) is 0 Å². The number of ether oxygens (including phenoxy) is 1.